The number of carbonyl (C=O) groups is 1. The Hall–Kier alpha value is -2.05. The van der Waals surface area contributed by atoms with Gasteiger partial charge in [0.15, 0.2) is 0 Å². The van der Waals surface area contributed by atoms with E-state index in [9.17, 15) is 4.79 Å². The molecule has 3 rings (SSSR count). The molecular weight excluding hydrogens is 354 g/mol. The van der Waals surface area contributed by atoms with Crippen LogP contribution in [0.3, 0.4) is 0 Å². The van der Waals surface area contributed by atoms with E-state index >= 15 is 0 Å². The second-order valence-electron chi connectivity index (χ2n) is 7.65. The molecule has 2 aromatic rings. The molecule has 0 saturated carbocycles. The maximum absolute atomic E-state index is 13.0. The smallest absolute Gasteiger partial charge is 0.257 e. The number of nitrogens with one attached hydrogen (secondary N) is 2. The Labute approximate surface area is 167 Å². The molecule has 28 heavy (non-hydrogen) atoms. The van der Waals surface area contributed by atoms with Crippen LogP contribution in [-0.2, 0) is 0 Å². The molecule has 0 unspecified atom stereocenters. The Bertz CT molecular complexity index is 751. The Morgan fingerprint density at radius 1 is 1.29 bits per heavy atom. The number of carbonyl (C=O) groups excluding carboxylic acids is 1. The predicted octanol–water partition coefficient (Wildman–Crippen LogP) is 3.17. The molecule has 154 valence electrons. The minimum absolute atomic E-state index is 0.0682. The number of aromatic amines is 1. The van der Waals surface area contributed by atoms with E-state index < -0.39 is 0 Å². The Kier molecular flexibility index (Phi) is 7.74. The Morgan fingerprint density at radius 3 is 2.82 bits per heavy atom. The van der Waals surface area contributed by atoms with E-state index in [0.29, 0.717) is 36.9 Å². The number of ether oxygens (including phenoxy) is 1. The van der Waals surface area contributed by atoms with Crippen molar-refractivity contribution < 1.29 is 14.6 Å². The minimum Gasteiger partial charge on any atom is -0.478 e. The molecule has 1 amide bonds. The van der Waals surface area contributed by atoms with Gasteiger partial charge in [-0.25, -0.2) is 0 Å². The van der Waals surface area contributed by atoms with Crippen molar-refractivity contribution in [1.82, 2.24) is 15.2 Å². The summed E-state index contributed by atoms with van der Waals surface area (Å²) in [5.74, 6) is 0.928. The number of fused-ring (bicyclic) bond motifs is 1. The quantitative estimate of drug-likeness (QED) is 0.547. The number of benzene rings is 1. The summed E-state index contributed by atoms with van der Waals surface area (Å²) in [6.45, 7) is 6.83. The van der Waals surface area contributed by atoms with Crippen LogP contribution >= 0.6 is 0 Å². The average Bonchev–Trinajstić information content (AvgIpc) is 3.10. The van der Waals surface area contributed by atoms with E-state index in [1.54, 1.807) is 0 Å². The summed E-state index contributed by atoms with van der Waals surface area (Å²) in [6, 6.07) is 7.74. The molecule has 0 aliphatic carbocycles. The summed E-state index contributed by atoms with van der Waals surface area (Å²) in [6.07, 6.45) is 5.31. The predicted molar refractivity (Wildman–Crippen MR) is 112 cm³/mol. The molecule has 1 fully saturated rings. The number of H-pyrrole nitrogens is 1. The number of aromatic nitrogens is 1. The van der Waals surface area contributed by atoms with E-state index in [1.165, 1.54) is 19.4 Å². The van der Waals surface area contributed by atoms with Gasteiger partial charge >= 0.3 is 0 Å². The maximum Gasteiger partial charge on any atom is 0.257 e. The van der Waals surface area contributed by atoms with Crippen molar-refractivity contribution in [3.05, 3.63) is 29.8 Å². The van der Waals surface area contributed by atoms with Crippen LogP contribution in [0, 0.1) is 5.92 Å². The zero-order valence-corrected chi connectivity index (χ0v) is 16.9. The number of nitrogens with zero attached hydrogens (tertiary/aromatic N) is 1. The van der Waals surface area contributed by atoms with Crippen molar-refractivity contribution >= 4 is 16.8 Å². The highest BCUT2D eigenvalue weighted by Crippen LogP contribution is 2.28. The lowest BCUT2D eigenvalue weighted by Crippen LogP contribution is -2.39. The summed E-state index contributed by atoms with van der Waals surface area (Å²) in [4.78, 5) is 18.7. The number of hydrogen-bond acceptors (Lipinski definition) is 4. The monoisotopic (exact) mass is 387 g/mol. The normalized spacial score (nSPS) is 15.8. The molecule has 3 N–H and O–H groups in total. The zero-order valence-electron chi connectivity index (χ0n) is 16.9. The number of rotatable bonds is 10. The summed E-state index contributed by atoms with van der Waals surface area (Å²) in [5.41, 5.74) is 1.45. The van der Waals surface area contributed by atoms with Gasteiger partial charge in [-0.15, -0.1) is 0 Å². The molecule has 2 heterocycles. The number of amides is 1. The van der Waals surface area contributed by atoms with Crippen LogP contribution in [-0.4, -0.2) is 60.3 Å². The van der Waals surface area contributed by atoms with Gasteiger partial charge < -0.3 is 25.0 Å². The van der Waals surface area contributed by atoms with Crippen LogP contribution < -0.4 is 10.1 Å². The van der Waals surface area contributed by atoms with Gasteiger partial charge in [0.05, 0.1) is 6.61 Å². The van der Waals surface area contributed by atoms with Gasteiger partial charge in [-0.3, -0.25) is 4.79 Å². The van der Waals surface area contributed by atoms with Crippen molar-refractivity contribution in [3.8, 4) is 5.88 Å². The third kappa shape index (κ3) is 5.26. The molecule has 0 bridgehead atoms. The highest BCUT2D eigenvalue weighted by Gasteiger charge is 2.23. The number of hydrogen-bond donors (Lipinski definition) is 3. The largest absolute Gasteiger partial charge is 0.478 e. The summed E-state index contributed by atoms with van der Waals surface area (Å²) in [5, 5.41) is 13.0. The van der Waals surface area contributed by atoms with Gasteiger partial charge in [0.1, 0.15) is 5.56 Å². The maximum atomic E-state index is 13.0. The van der Waals surface area contributed by atoms with E-state index in [1.807, 2.05) is 24.3 Å². The van der Waals surface area contributed by atoms with E-state index in [4.69, 9.17) is 9.84 Å². The van der Waals surface area contributed by atoms with Crippen LogP contribution in [0.25, 0.3) is 10.9 Å². The number of likely N-dealkylation sites (tertiary alicyclic amines) is 1. The fourth-order valence-corrected chi connectivity index (χ4v) is 3.81. The molecule has 1 aliphatic rings. The first-order chi connectivity index (χ1) is 13.7. The fraction of sp³-hybridized carbons (Fsp3) is 0.591. The highest BCUT2D eigenvalue weighted by atomic mass is 16.5. The van der Waals surface area contributed by atoms with Crippen molar-refractivity contribution in [2.24, 2.45) is 5.92 Å². The summed E-state index contributed by atoms with van der Waals surface area (Å²) < 4.78 is 5.74. The van der Waals surface area contributed by atoms with E-state index in [0.717, 1.165) is 36.8 Å². The lowest BCUT2D eigenvalue weighted by Gasteiger charge is -2.31. The SMILES string of the molecule is CCCCN1CCC(CNC(=O)c2c(OCCCO)[nH]c3ccccc23)CC1. The average molecular weight is 388 g/mol. The van der Waals surface area contributed by atoms with Crippen molar-refractivity contribution in [1.29, 1.82) is 0 Å². The summed E-state index contributed by atoms with van der Waals surface area (Å²) in [7, 11) is 0. The number of piperidine rings is 1. The van der Waals surface area contributed by atoms with E-state index in [2.05, 4.69) is 22.1 Å². The molecular formula is C22H33N3O3. The number of para-hydroxylation sites is 1. The topological polar surface area (TPSA) is 77.6 Å². The van der Waals surface area contributed by atoms with Crippen LogP contribution in [0.2, 0.25) is 0 Å². The van der Waals surface area contributed by atoms with Gasteiger partial charge in [-0.1, -0.05) is 31.5 Å². The lowest BCUT2D eigenvalue weighted by molar-refractivity contribution is 0.0933. The van der Waals surface area contributed by atoms with Gasteiger partial charge in [0.2, 0.25) is 5.88 Å². The first-order valence-electron chi connectivity index (χ1n) is 10.6. The van der Waals surface area contributed by atoms with Crippen molar-refractivity contribution in [2.75, 3.05) is 39.4 Å². The Balaban J connectivity index is 1.59. The second-order valence-corrected chi connectivity index (χ2v) is 7.65. The number of aliphatic hydroxyl groups is 1. The first kappa shape index (κ1) is 20.7. The molecule has 1 aliphatic heterocycles. The summed E-state index contributed by atoms with van der Waals surface area (Å²) >= 11 is 0. The molecule has 1 saturated heterocycles. The van der Waals surface area contributed by atoms with Crippen molar-refractivity contribution in [2.45, 2.75) is 39.0 Å². The van der Waals surface area contributed by atoms with E-state index in [-0.39, 0.29) is 12.5 Å². The minimum atomic E-state index is -0.0927. The van der Waals surface area contributed by atoms with Gasteiger partial charge in [0.25, 0.3) is 5.91 Å². The van der Waals surface area contributed by atoms with Crippen LogP contribution in [0.5, 0.6) is 5.88 Å². The number of aliphatic hydroxyl groups excluding tert-OH is 1. The molecule has 6 nitrogen and oxygen atoms in total. The standard InChI is InChI=1S/C22H33N3O3/c1-2-3-11-25-12-9-17(10-13-25)16-23-21(27)20-18-7-4-5-8-19(18)24-22(20)28-15-6-14-26/h4-5,7-8,17,24,26H,2-3,6,9-16H2,1H3,(H,23,27). The number of unbranched alkanes of at least 4 members (excludes halogenated alkanes) is 1. The first-order valence-corrected chi connectivity index (χ1v) is 10.6. The molecule has 1 aromatic carbocycles. The fourth-order valence-electron chi connectivity index (χ4n) is 3.81. The molecule has 0 radical (unpaired) electrons. The van der Waals surface area contributed by atoms with Crippen LogP contribution in [0.4, 0.5) is 0 Å². The third-order valence-corrected chi connectivity index (χ3v) is 5.53. The van der Waals surface area contributed by atoms with Crippen LogP contribution in [0.1, 0.15) is 49.4 Å². The third-order valence-electron chi connectivity index (χ3n) is 5.53. The lowest BCUT2D eigenvalue weighted by atomic mass is 9.96. The van der Waals surface area contributed by atoms with Gasteiger partial charge in [-0.05, 0) is 50.9 Å². The molecule has 0 spiro atoms. The second kappa shape index (κ2) is 10.5. The van der Waals surface area contributed by atoms with Gasteiger partial charge in [0, 0.05) is 30.5 Å². The van der Waals surface area contributed by atoms with Crippen molar-refractivity contribution in [3.63, 3.8) is 0 Å². The Morgan fingerprint density at radius 2 is 2.07 bits per heavy atom. The van der Waals surface area contributed by atoms with Crippen LogP contribution in [0.15, 0.2) is 24.3 Å². The highest BCUT2D eigenvalue weighted by molar-refractivity contribution is 6.09. The molecule has 1 aromatic heterocycles. The van der Waals surface area contributed by atoms with Gasteiger partial charge in [-0.2, -0.15) is 0 Å². The zero-order chi connectivity index (χ0) is 19.8. The molecule has 0 atom stereocenters. The molecule has 6 heteroatoms.